The average Bonchev–Trinajstić information content (AvgIpc) is 3.33. The predicted molar refractivity (Wildman–Crippen MR) is 158 cm³/mol. The molecule has 0 amide bonds. The molecule has 7 rings (SSSR count). The number of para-hydroxylation sites is 2. The highest BCUT2D eigenvalue weighted by Crippen LogP contribution is 2.41. The van der Waals surface area contributed by atoms with Crippen molar-refractivity contribution < 1.29 is 0 Å². The Morgan fingerprint density at radius 1 is 0.514 bits per heavy atom. The number of nitrogens with zero attached hydrogens (tertiary/aromatic N) is 1. The summed E-state index contributed by atoms with van der Waals surface area (Å²) in [5.41, 5.74) is 7.77. The molecular weight excluding hydrogens is 472 g/mol. The van der Waals surface area contributed by atoms with E-state index in [4.69, 9.17) is 11.6 Å². The minimum atomic E-state index is 0.708. The first-order valence-corrected chi connectivity index (χ1v) is 12.8. The lowest BCUT2D eigenvalue weighted by molar-refractivity contribution is 1.29. The van der Waals surface area contributed by atoms with Crippen LogP contribution in [0.3, 0.4) is 0 Å². The summed E-state index contributed by atoms with van der Waals surface area (Å²) >= 11 is 6.46. The highest BCUT2D eigenvalue weighted by Gasteiger charge is 2.18. The van der Waals surface area contributed by atoms with Gasteiger partial charge in [-0.2, -0.15) is 0 Å². The van der Waals surface area contributed by atoms with Crippen LogP contribution < -0.4 is 4.90 Å². The lowest BCUT2D eigenvalue weighted by Gasteiger charge is -2.26. The van der Waals surface area contributed by atoms with Crippen molar-refractivity contribution in [1.82, 2.24) is 4.98 Å². The van der Waals surface area contributed by atoms with E-state index in [0.717, 1.165) is 28.1 Å². The van der Waals surface area contributed by atoms with Gasteiger partial charge in [-0.25, -0.2) is 0 Å². The van der Waals surface area contributed by atoms with Crippen LogP contribution >= 0.6 is 11.6 Å². The summed E-state index contributed by atoms with van der Waals surface area (Å²) in [5.74, 6) is 0. The number of benzene rings is 6. The van der Waals surface area contributed by atoms with Crippen LogP contribution in [0.4, 0.5) is 17.1 Å². The number of anilines is 3. The summed E-state index contributed by atoms with van der Waals surface area (Å²) in [6, 6.07) is 46.8. The third-order valence-electron chi connectivity index (χ3n) is 7.03. The van der Waals surface area contributed by atoms with Crippen LogP contribution in [0.15, 0.2) is 133 Å². The Labute approximate surface area is 220 Å². The fourth-order valence-electron chi connectivity index (χ4n) is 5.26. The highest BCUT2D eigenvalue weighted by atomic mass is 35.5. The molecular formula is C34H23ClN2. The summed E-state index contributed by atoms with van der Waals surface area (Å²) in [5, 5.41) is 5.63. The van der Waals surface area contributed by atoms with Gasteiger partial charge in [0.25, 0.3) is 0 Å². The Kier molecular flexibility index (Phi) is 5.20. The van der Waals surface area contributed by atoms with Crippen LogP contribution in [0.25, 0.3) is 43.7 Å². The molecule has 1 heterocycles. The second-order valence-electron chi connectivity index (χ2n) is 9.29. The van der Waals surface area contributed by atoms with Gasteiger partial charge in [0.05, 0.1) is 11.2 Å². The van der Waals surface area contributed by atoms with Crippen molar-refractivity contribution in [2.75, 3.05) is 4.90 Å². The van der Waals surface area contributed by atoms with Gasteiger partial charge in [-0.3, -0.25) is 0 Å². The largest absolute Gasteiger partial charge is 0.353 e. The summed E-state index contributed by atoms with van der Waals surface area (Å²) in [4.78, 5) is 5.93. The van der Waals surface area contributed by atoms with Gasteiger partial charge in [0.15, 0.2) is 0 Å². The zero-order valence-electron chi connectivity index (χ0n) is 20.0. The summed E-state index contributed by atoms with van der Waals surface area (Å²) in [6.45, 7) is 0. The summed E-state index contributed by atoms with van der Waals surface area (Å²) < 4.78 is 0. The first-order valence-electron chi connectivity index (χ1n) is 12.4. The van der Waals surface area contributed by atoms with Gasteiger partial charge in [0, 0.05) is 32.7 Å². The Hall–Kier alpha value is -4.53. The van der Waals surface area contributed by atoms with Crippen molar-refractivity contribution in [2.45, 2.75) is 0 Å². The van der Waals surface area contributed by atoms with E-state index in [2.05, 4.69) is 125 Å². The number of fused-ring (bicyclic) bond motifs is 4. The van der Waals surface area contributed by atoms with Crippen LogP contribution in [0.2, 0.25) is 5.02 Å². The highest BCUT2D eigenvalue weighted by molar-refractivity contribution is 6.31. The first-order chi connectivity index (χ1) is 18.2. The quantitative estimate of drug-likeness (QED) is 0.258. The molecule has 0 saturated heterocycles. The molecule has 0 fully saturated rings. The number of H-pyrrole nitrogens is 1. The summed E-state index contributed by atoms with van der Waals surface area (Å²) in [6.07, 6.45) is 0. The van der Waals surface area contributed by atoms with Crippen LogP contribution in [-0.2, 0) is 0 Å². The standard InChI is InChI=1S/C34H23ClN2/c35-27-9-5-10-29(22-27)37(33-14-6-12-31-30-11-3-4-13-32(30)36-34(31)33)28-19-17-24(18-20-28)26-16-15-23-7-1-2-8-25(23)21-26/h1-22,36H. The second kappa shape index (κ2) is 8.85. The Bertz CT molecular complexity index is 1900. The van der Waals surface area contributed by atoms with Gasteiger partial charge in [-0.1, -0.05) is 96.5 Å². The molecule has 0 aliphatic carbocycles. The molecule has 0 unspecified atom stereocenters. The van der Waals surface area contributed by atoms with Crippen molar-refractivity contribution in [3.63, 3.8) is 0 Å². The van der Waals surface area contributed by atoms with E-state index in [-0.39, 0.29) is 0 Å². The molecule has 6 aromatic carbocycles. The van der Waals surface area contributed by atoms with Gasteiger partial charge in [-0.05, 0) is 70.4 Å². The molecule has 0 spiro atoms. The molecule has 7 aromatic rings. The van der Waals surface area contributed by atoms with Crippen molar-refractivity contribution in [3.8, 4) is 11.1 Å². The van der Waals surface area contributed by atoms with E-state index in [1.807, 2.05) is 18.2 Å². The van der Waals surface area contributed by atoms with E-state index in [1.54, 1.807) is 0 Å². The van der Waals surface area contributed by atoms with Crippen LogP contribution in [0, 0.1) is 0 Å². The van der Waals surface area contributed by atoms with E-state index in [1.165, 1.54) is 32.7 Å². The van der Waals surface area contributed by atoms with Gasteiger partial charge < -0.3 is 9.88 Å². The molecule has 0 radical (unpaired) electrons. The molecule has 1 N–H and O–H groups in total. The minimum absolute atomic E-state index is 0.708. The maximum atomic E-state index is 6.46. The second-order valence-corrected chi connectivity index (χ2v) is 9.73. The average molecular weight is 495 g/mol. The van der Waals surface area contributed by atoms with Crippen LogP contribution in [0.1, 0.15) is 0 Å². The number of rotatable bonds is 4. The predicted octanol–water partition coefficient (Wildman–Crippen LogP) is 10.3. The number of hydrogen-bond donors (Lipinski definition) is 1. The zero-order valence-corrected chi connectivity index (χ0v) is 20.8. The fraction of sp³-hybridized carbons (Fsp3) is 0. The van der Waals surface area contributed by atoms with Crippen molar-refractivity contribution in [2.24, 2.45) is 0 Å². The number of nitrogens with one attached hydrogen (secondary N) is 1. The molecule has 37 heavy (non-hydrogen) atoms. The van der Waals surface area contributed by atoms with E-state index < -0.39 is 0 Å². The molecule has 3 heteroatoms. The van der Waals surface area contributed by atoms with Crippen molar-refractivity contribution >= 4 is 61.2 Å². The zero-order chi connectivity index (χ0) is 24.8. The van der Waals surface area contributed by atoms with Crippen molar-refractivity contribution in [1.29, 1.82) is 0 Å². The third kappa shape index (κ3) is 3.83. The number of halogens is 1. The molecule has 176 valence electrons. The molecule has 0 aliphatic rings. The molecule has 2 nitrogen and oxygen atoms in total. The minimum Gasteiger partial charge on any atom is -0.353 e. The molecule has 0 saturated carbocycles. The fourth-order valence-corrected chi connectivity index (χ4v) is 5.44. The Balaban J connectivity index is 1.38. The third-order valence-corrected chi connectivity index (χ3v) is 7.27. The number of aromatic amines is 1. The molecule has 1 aromatic heterocycles. The van der Waals surface area contributed by atoms with Gasteiger partial charge in [-0.15, -0.1) is 0 Å². The number of aromatic nitrogens is 1. The van der Waals surface area contributed by atoms with Crippen molar-refractivity contribution in [3.05, 3.63) is 138 Å². The first kappa shape index (κ1) is 21.7. The molecule has 0 aliphatic heterocycles. The topological polar surface area (TPSA) is 19.0 Å². The maximum absolute atomic E-state index is 6.46. The lowest BCUT2D eigenvalue weighted by atomic mass is 10.0. The normalized spacial score (nSPS) is 11.4. The molecule has 0 bridgehead atoms. The van der Waals surface area contributed by atoms with E-state index in [0.29, 0.717) is 5.02 Å². The lowest BCUT2D eigenvalue weighted by Crippen LogP contribution is -2.10. The SMILES string of the molecule is Clc1cccc(N(c2ccc(-c3ccc4ccccc4c3)cc2)c2cccc3c2[nH]c2ccccc23)c1. The van der Waals surface area contributed by atoms with Gasteiger partial charge >= 0.3 is 0 Å². The van der Waals surface area contributed by atoms with E-state index >= 15 is 0 Å². The van der Waals surface area contributed by atoms with Gasteiger partial charge in [0.1, 0.15) is 0 Å². The maximum Gasteiger partial charge on any atom is 0.0709 e. The monoisotopic (exact) mass is 494 g/mol. The summed E-state index contributed by atoms with van der Waals surface area (Å²) in [7, 11) is 0. The Morgan fingerprint density at radius 2 is 1.24 bits per heavy atom. The molecule has 0 atom stereocenters. The Morgan fingerprint density at radius 3 is 2.11 bits per heavy atom. The van der Waals surface area contributed by atoms with Gasteiger partial charge in [0.2, 0.25) is 0 Å². The van der Waals surface area contributed by atoms with Crippen LogP contribution in [0.5, 0.6) is 0 Å². The van der Waals surface area contributed by atoms with E-state index in [9.17, 15) is 0 Å². The smallest absolute Gasteiger partial charge is 0.0709 e. The number of hydrogen-bond acceptors (Lipinski definition) is 1. The van der Waals surface area contributed by atoms with Crippen LogP contribution in [-0.4, -0.2) is 4.98 Å².